The molecule has 0 saturated carbocycles. The molecule has 1 aromatic rings. The van der Waals surface area contributed by atoms with Gasteiger partial charge in [0, 0.05) is 30.4 Å². The van der Waals surface area contributed by atoms with Crippen molar-refractivity contribution in [2.24, 2.45) is 0 Å². The summed E-state index contributed by atoms with van der Waals surface area (Å²) in [5.74, 6) is -0.0432. The van der Waals surface area contributed by atoms with Gasteiger partial charge in [-0.2, -0.15) is 0 Å². The quantitative estimate of drug-likeness (QED) is 0.844. The van der Waals surface area contributed by atoms with Crippen molar-refractivity contribution in [1.29, 1.82) is 0 Å². The molecule has 0 spiro atoms. The summed E-state index contributed by atoms with van der Waals surface area (Å²) >= 11 is 0. The Labute approximate surface area is 138 Å². The van der Waals surface area contributed by atoms with Gasteiger partial charge in [0.2, 0.25) is 0 Å². The van der Waals surface area contributed by atoms with E-state index in [4.69, 9.17) is 0 Å². The number of likely N-dealkylation sites (N-methyl/N-ethyl adjacent to an activating group) is 1. The molecule has 0 aliphatic carbocycles. The Balaban J connectivity index is 1.85. The number of benzene rings is 1. The Morgan fingerprint density at radius 2 is 1.83 bits per heavy atom. The van der Waals surface area contributed by atoms with Crippen LogP contribution < -0.4 is 0 Å². The molecular formula is C17H24N2O3S. The number of rotatable bonds is 3. The monoisotopic (exact) mass is 336 g/mol. The molecule has 2 heterocycles. The van der Waals surface area contributed by atoms with Crippen molar-refractivity contribution in [3.63, 3.8) is 0 Å². The highest BCUT2D eigenvalue weighted by atomic mass is 32.2. The van der Waals surface area contributed by atoms with Crippen molar-refractivity contribution < 1.29 is 13.2 Å². The van der Waals surface area contributed by atoms with Crippen LogP contribution in [0, 0.1) is 0 Å². The summed E-state index contributed by atoms with van der Waals surface area (Å²) in [6, 6.07) is 7.08. The van der Waals surface area contributed by atoms with E-state index in [1.165, 1.54) is 18.7 Å². The van der Waals surface area contributed by atoms with Crippen molar-refractivity contribution in [2.45, 2.75) is 42.7 Å². The molecular weight excluding hydrogens is 312 g/mol. The predicted molar refractivity (Wildman–Crippen MR) is 89.3 cm³/mol. The van der Waals surface area contributed by atoms with E-state index in [0.29, 0.717) is 11.6 Å². The maximum absolute atomic E-state index is 12.9. The Hall–Kier alpha value is -1.40. The number of amides is 1. The van der Waals surface area contributed by atoms with Gasteiger partial charge in [0.1, 0.15) is 0 Å². The summed E-state index contributed by atoms with van der Waals surface area (Å²) in [7, 11) is -1.17. The van der Waals surface area contributed by atoms with E-state index < -0.39 is 9.84 Å². The van der Waals surface area contributed by atoms with E-state index in [2.05, 4.69) is 11.9 Å². The largest absolute Gasteiger partial charge is 0.334 e. The number of carbonyl (C=O) groups is 1. The molecule has 0 bridgehead atoms. The first kappa shape index (κ1) is 16.5. The van der Waals surface area contributed by atoms with E-state index >= 15 is 0 Å². The minimum absolute atomic E-state index is 0.0432. The van der Waals surface area contributed by atoms with Crippen LogP contribution in [0.1, 0.15) is 36.0 Å². The molecule has 2 aliphatic heterocycles. The molecule has 126 valence electrons. The van der Waals surface area contributed by atoms with Crippen molar-refractivity contribution in [3.8, 4) is 0 Å². The highest BCUT2D eigenvalue weighted by molar-refractivity contribution is 7.90. The van der Waals surface area contributed by atoms with E-state index in [1.54, 1.807) is 18.2 Å². The van der Waals surface area contributed by atoms with Gasteiger partial charge in [-0.25, -0.2) is 8.42 Å². The Kier molecular flexibility index (Phi) is 4.47. The first-order chi connectivity index (χ1) is 10.9. The summed E-state index contributed by atoms with van der Waals surface area (Å²) in [6.45, 7) is 1.85. The Bertz CT molecular complexity index is 702. The van der Waals surface area contributed by atoms with Gasteiger partial charge in [-0.05, 0) is 57.5 Å². The number of hydrogen-bond acceptors (Lipinski definition) is 4. The molecule has 5 nitrogen and oxygen atoms in total. The highest BCUT2D eigenvalue weighted by Crippen LogP contribution is 2.30. The average Bonchev–Trinajstić information content (AvgIpc) is 3.14. The van der Waals surface area contributed by atoms with Gasteiger partial charge in [-0.1, -0.05) is 6.07 Å². The maximum atomic E-state index is 12.9. The molecule has 0 radical (unpaired) electrons. The van der Waals surface area contributed by atoms with Gasteiger partial charge in [-0.15, -0.1) is 0 Å². The minimum atomic E-state index is -3.30. The smallest absolute Gasteiger partial charge is 0.254 e. The van der Waals surface area contributed by atoms with E-state index in [9.17, 15) is 13.2 Å². The van der Waals surface area contributed by atoms with E-state index in [1.807, 2.05) is 4.90 Å². The molecule has 2 fully saturated rings. The van der Waals surface area contributed by atoms with Crippen LogP contribution in [0.4, 0.5) is 0 Å². The molecule has 2 aliphatic rings. The molecule has 2 saturated heterocycles. The number of likely N-dealkylation sites (tertiary alicyclic amines) is 2. The fourth-order valence-corrected chi connectivity index (χ4v) is 4.56. The van der Waals surface area contributed by atoms with Gasteiger partial charge in [0.25, 0.3) is 5.91 Å². The first-order valence-corrected chi connectivity index (χ1v) is 10.1. The van der Waals surface area contributed by atoms with Crippen LogP contribution in [0.3, 0.4) is 0 Å². The van der Waals surface area contributed by atoms with Gasteiger partial charge in [0.05, 0.1) is 4.90 Å². The van der Waals surface area contributed by atoms with Crippen molar-refractivity contribution in [2.75, 3.05) is 26.4 Å². The summed E-state index contributed by atoms with van der Waals surface area (Å²) in [5.41, 5.74) is 0.473. The van der Waals surface area contributed by atoms with Crippen LogP contribution in [0.2, 0.25) is 0 Å². The third-order valence-corrected chi connectivity index (χ3v) is 6.20. The zero-order valence-corrected chi connectivity index (χ0v) is 14.6. The van der Waals surface area contributed by atoms with Crippen LogP contribution in [0.25, 0.3) is 0 Å². The molecule has 23 heavy (non-hydrogen) atoms. The third kappa shape index (κ3) is 3.28. The second kappa shape index (κ2) is 6.24. The molecule has 6 heteroatoms. The lowest BCUT2D eigenvalue weighted by molar-refractivity contribution is 0.0664. The van der Waals surface area contributed by atoms with Crippen LogP contribution in [-0.4, -0.2) is 62.6 Å². The van der Waals surface area contributed by atoms with E-state index in [0.717, 1.165) is 32.4 Å². The minimum Gasteiger partial charge on any atom is -0.334 e. The topological polar surface area (TPSA) is 57.7 Å². The normalized spacial score (nSPS) is 25.9. The lowest BCUT2D eigenvalue weighted by atomic mass is 10.0. The standard InChI is InChI=1S/C17H24N2O3S/c1-18-10-4-8-15(18)16-9-5-11-19(16)17(20)13-6-3-7-14(12-13)23(2,21)22/h3,6-7,12,15-16H,4-5,8-11H2,1-2H3/t15-,16+/m1/s1. The van der Waals surface area contributed by atoms with Gasteiger partial charge in [0.15, 0.2) is 9.84 Å². The molecule has 2 atom stereocenters. The number of carbonyl (C=O) groups excluding carboxylic acids is 1. The fraction of sp³-hybridized carbons (Fsp3) is 0.588. The number of hydrogen-bond donors (Lipinski definition) is 0. The zero-order valence-electron chi connectivity index (χ0n) is 13.7. The Morgan fingerprint density at radius 1 is 1.13 bits per heavy atom. The van der Waals surface area contributed by atoms with Crippen LogP contribution in [0.15, 0.2) is 29.2 Å². The van der Waals surface area contributed by atoms with Crippen molar-refractivity contribution in [1.82, 2.24) is 9.80 Å². The van der Waals surface area contributed by atoms with Crippen LogP contribution >= 0.6 is 0 Å². The SMILES string of the molecule is CN1CCC[C@@H]1[C@@H]1CCCN1C(=O)c1cccc(S(C)(=O)=O)c1. The predicted octanol–water partition coefficient (Wildman–Crippen LogP) is 1.79. The second-order valence-corrected chi connectivity index (χ2v) is 8.71. The fourth-order valence-electron chi connectivity index (χ4n) is 3.89. The number of sulfone groups is 1. The first-order valence-electron chi connectivity index (χ1n) is 8.19. The maximum Gasteiger partial charge on any atom is 0.254 e. The summed E-state index contributed by atoms with van der Waals surface area (Å²) in [6.07, 6.45) is 5.54. The highest BCUT2D eigenvalue weighted by Gasteiger charge is 2.38. The summed E-state index contributed by atoms with van der Waals surface area (Å²) < 4.78 is 23.4. The molecule has 1 amide bonds. The molecule has 3 rings (SSSR count). The van der Waals surface area contributed by atoms with Gasteiger partial charge in [-0.3, -0.25) is 4.79 Å². The summed E-state index contributed by atoms with van der Waals surface area (Å²) in [5, 5.41) is 0. The molecule has 0 unspecified atom stereocenters. The Morgan fingerprint density at radius 3 is 2.48 bits per heavy atom. The van der Waals surface area contributed by atoms with E-state index in [-0.39, 0.29) is 16.8 Å². The van der Waals surface area contributed by atoms with Gasteiger partial charge >= 0.3 is 0 Å². The molecule has 0 aromatic heterocycles. The lowest BCUT2D eigenvalue weighted by Gasteiger charge is -2.33. The van der Waals surface area contributed by atoms with Crippen molar-refractivity contribution in [3.05, 3.63) is 29.8 Å². The molecule has 0 N–H and O–H groups in total. The molecule has 1 aromatic carbocycles. The lowest BCUT2D eigenvalue weighted by Crippen LogP contribution is -2.47. The summed E-state index contributed by atoms with van der Waals surface area (Å²) in [4.78, 5) is 17.4. The third-order valence-electron chi connectivity index (χ3n) is 5.09. The number of nitrogens with zero attached hydrogens (tertiary/aromatic N) is 2. The second-order valence-electron chi connectivity index (χ2n) is 6.70. The van der Waals surface area contributed by atoms with Gasteiger partial charge < -0.3 is 9.80 Å². The van der Waals surface area contributed by atoms with Crippen LogP contribution in [-0.2, 0) is 9.84 Å². The average molecular weight is 336 g/mol. The van der Waals surface area contributed by atoms with Crippen molar-refractivity contribution >= 4 is 15.7 Å². The zero-order chi connectivity index (χ0) is 16.6. The van der Waals surface area contributed by atoms with Crippen LogP contribution in [0.5, 0.6) is 0 Å².